The monoisotopic (exact) mass is 284 g/mol. The van der Waals surface area contributed by atoms with Crippen LogP contribution in [0.15, 0.2) is 35.4 Å². The van der Waals surface area contributed by atoms with Gasteiger partial charge in [-0.25, -0.2) is 10.2 Å². The predicted molar refractivity (Wildman–Crippen MR) is 74.0 cm³/mol. The van der Waals surface area contributed by atoms with Crippen LogP contribution in [0.5, 0.6) is 0 Å². The molecule has 0 saturated carbocycles. The first-order chi connectivity index (χ1) is 10.2. The molecule has 0 fully saturated rings. The van der Waals surface area contributed by atoms with Crippen molar-refractivity contribution in [1.29, 1.82) is 5.26 Å². The van der Waals surface area contributed by atoms with E-state index in [0.717, 1.165) is 10.9 Å². The Morgan fingerprint density at radius 2 is 2.33 bits per heavy atom. The first kappa shape index (κ1) is 13.0. The third kappa shape index (κ3) is 2.07. The van der Waals surface area contributed by atoms with E-state index in [1.807, 2.05) is 30.3 Å². The molecule has 0 saturated heterocycles. The molecule has 21 heavy (non-hydrogen) atoms. The summed E-state index contributed by atoms with van der Waals surface area (Å²) in [5.74, 6) is -0.678. The molecule has 2 heterocycles. The van der Waals surface area contributed by atoms with Crippen LogP contribution in [0, 0.1) is 11.3 Å². The van der Waals surface area contributed by atoms with Crippen LogP contribution in [0.1, 0.15) is 12.6 Å². The lowest BCUT2D eigenvalue weighted by molar-refractivity contribution is -0.158. The number of nitriles is 1. The second-order valence-electron chi connectivity index (χ2n) is 4.41. The normalized spacial score (nSPS) is 20.3. The van der Waals surface area contributed by atoms with Crippen molar-refractivity contribution in [3.63, 3.8) is 0 Å². The SMILES string of the molecule is CCOC(=O)C1(C#N)NN=C(c2cc3ccccc3[nH]2)O1. The topological polar surface area (TPSA) is 99.5 Å². The maximum absolute atomic E-state index is 11.8. The van der Waals surface area contributed by atoms with Crippen molar-refractivity contribution in [3.8, 4) is 6.07 Å². The average molecular weight is 284 g/mol. The summed E-state index contributed by atoms with van der Waals surface area (Å²) >= 11 is 0. The van der Waals surface area contributed by atoms with Gasteiger partial charge in [0.25, 0.3) is 5.90 Å². The second-order valence-corrected chi connectivity index (χ2v) is 4.41. The maximum Gasteiger partial charge on any atom is 0.390 e. The molecule has 1 aliphatic rings. The predicted octanol–water partition coefficient (Wildman–Crippen LogP) is 1.23. The van der Waals surface area contributed by atoms with Gasteiger partial charge in [-0.05, 0) is 19.1 Å². The van der Waals surface area contributed by atoms with E-state index in [-0.39, 0.29) is 12.5 Å². The Morgan fingerprint density at radius 3 is 3.05 bits per heavy atom. The molecule has 3 rings (SSSR count). The van der Waals surface area contributed by atoms with Crippen LogP contribution in [-0.4, -0.2) is 29.2 Å². The highest BCUT2D eigenvalue weighted by molar-refractivity contribution is 6.01. The van der Waals surface area contributed by atoms with Gasteiger partial charge >= 0.3 is 11.7 Å². The molecule has 1 atom stereocenters. The van der Waals surface area contributed by atoms with Gasteiger partial charge in [-0.2, -0.15) is 5.26 Å². The number of hydrogen-bond donors (Lipinski definition) is 2. The Balaban J connectivity index is 1.89. The number of rotatable bonds is 3. The first-order valence-electron chi connectivity index (χ1n) is 6.39. The number of nitrogens with one attached hydrogen (secondary N) is 2. The van der Waals surface area contributed by atoms with E-state index in [1.54, 1.807) is 13.0 Å². The van der Waals surface area contributed by atoms with E-state index >= 15 is 0 Å². The zero-order chi connectivity index (χ0) is 14.9. The van der Waals surface area contributed by atoms with Crippen LogP contribution in [0.4, 0.5) is 0 Å². The highest BCUT2D eigenvalue weighted by Gasteiger charge is 2.48. The van der Waals surface area contributed by atoms with Gasteiger partial charge < -0.3 is 14.5 Å². The van der Waals surface area contributed by atoms with Gasteiger partial charge in [-0.15, -0.1) is 5.10 Å². The third-order valence-electron chi connectivity index (χ3n) is 3.05. The third-order valence-corrected chi connectivity index (χ3v) is 3.05. The fraction of sp³-hybridized carbons (Fsp3) is 0.214. The largest absolute Gasteiger partial charge is 0.461 e. The van der Waals surface area contributed by atoms with Crippen LogP contribution in [-0.2, 0) is 14.3 Å². The van der Waals surface area contributed by atoms with Gasteiger partial charge in [0.15, 0.2) is 0 Å². The molecule has 0 bridgehead atoms. The lowest BCUT2D eigenvalue weighted by Crippen LogP contribution is -2.49. The van der Waals surface area contributed by atoms with E-state index in [0.29, 0.717) is 5.69 Å². The molecule has 106 valence electrons. The molecule has 2 aromatic rings. The molecule has 0 radical (unpaired) electrons. The van der Waals surface area contributed by atoms with Gasteiger partial charge in [0.1, 0.15) is 11.8 Å². The number of carbonyl (C=O) groups is 1. The number of benzene rings is 1. The zero-order valence-electron chi connectivity index (χ0n) is 11.2. The summed E-state index contributed by atoms with van der Waals surface area (Å²) in [5.41, 5.74) is 1.96. The van der Waals surface area contributed by atoms with E-state index in [4.69, 9.17) is 9.47 Å². The Kier molecular flexibility index (Phi) is 2.99. The molecule has 0 aliphatic carbocycles. The number of ether oxygens (including phenoxy) is 2. The summed E-state index contributed by atoms with van der Waals surface area (Å²) < 4.78 is 10.2. The molecule has 1 unspecified atom stereocenters. The van der Waals surface area contributed by atoms with Crippen molar-refractivity contribution < 1.29 is 14.3 Å². The number of carbonyl (C=O) groups excluding carboxylic acids is 1. The van der Waals surface area contributed by atoms with Crippen molar-refractivity contribution in [2.45, 2.75) is 12.6 Å². The van der Waals surface area contributed by atoms with E-state index in [2.05, 4.69) is 15.5 Å². The molecule has 1 aromatic heterocycles. The van der Waals surface area contributed by atoms with E-state index in [9.17, 15) is 10.1 Å². The van der Waals surface area contributed by atoms with Crippen molar-refractivity contribution in [1.82, 2.24) is 10.4 Å². The molecular weight excluding hydrogens is 272 g/mol. The Morgan fingerprint density at radius 1 is 1.52 bits per heavy atom. The summed E-state index contributed by atoms with van der Waals surface area (Å²) in [7, 11) is 0. The second kappa shape index (κ2) is 4.83. The number of H-pyrrole nitrogens is 1. The summed E-state index contributed by atoms with van der Waals surface area (Å²) in [4.78, 5) is 14.9. The standard InChI is InChI=1S/C14H12N4O3/c1-2-20-13(19)14(8-15)18-17-12(21-14)11-7-9-5-3-4-6-10(9)16-11/h3-7,16,18H,2H2,1H3. The van der Waals surface area contributed by atoms with E-state index in [1.165, 1.54) is 0 Å². The fourth-order valence-electron chi connectivity index (χ4n) is 2.04. The molecule has 7 heteroatoms. The number of hydrazone groups is 1. The zero-order valence-corrected chi connectivity index (χ0v) is 11.2. The van der Waals surface area contributed by atoms with Crippen molar-refractivity contribution in [3.05, 3.63) is 36.0 Å². The maximum atomic E-state index is 11.8. The number of aromatic nitrogens is 1. The fourth-order valence-corrected chi connectivity index (χ4v) is 2.04. The quantitative estimate of drug-likeness (QED) is 0.826. The summed E-state index contributed by atoms with van der Waals surface area (Å²) in [5, 5.41) is 14.1. The Labute approximate surface area is 120 Å². The average Bonchev–Trinajstić information content (AvgIpc) is 3.12. The lowest BCUT2D eigenvalue weighted by atomic mass is 10.2. The van der Waals surface area contributed by atoms with Gasteiger partial charge in [-0.1, -0.05) is 18.2 Å². The van der Waals surface area contributed by atoms with Crippen molar-refractivity contribution in [2.75, 3.05) is 6.61 Å². The van der Waals surface area contributed by atoms with Gasteiger partial charge in [-0.3, -0.25) is 0 Å². The summed E-state index contributed by atoms with van der Waals surface area (Å²) in [6.07, 6.45) is 0. The Hall–Kier alpha value is -3.01. The smallest absolute Gasteiger partial charge is 0.390 e. The molecule has 1 aromatic carbocycles. The summed E-state index contributed by atoms with van der Waals surface area (Å²) in [6.45, 7) is 1.80. The molecule has 0 spiro atoms. The number of aromatic amines is 1. The van der Waals surface area contributed by atoms with Gasteiger partial charge in [0.2, 0.25) is 0 Å². The summed E-state index contributed by atoms with van der Waals surface area (Å²) in [6, 6.07) is 11.2. The van der Waals surface area contributed by atoms with Crippen molar-refractivity contribution >= 4 is 22.8 Å². The van der Waals surface area contributed by atoms with E-state index < -0.39 is 11.7 Å². The highest BCUT2D eigenvalue weighted by Crippen LogP contribution is 2.22. The molecule has 0 amide bonds. The first-order valence-corrected chi connectivity index (χ1v) is 6.39. The van der Waals surface area contributed by atoms with Gasteiger partial charge in [0, 0.05) is 10.9 Å². The molecule has 1 aliphatic heterocycles. The van der Waals surface area contributed by atoms with Crippen LogP contribution in [0.2, 0.25) is 0 Å². The molecule has 2 N–H and O–H groups in total. The number of nitrogens with zero attached hydrogens (tertiary/aromatic N) is 2. The van der Waals surface area contributed by atoms with Crippen molar-refractivity contribution in [2.24, 2.45) is 5.10 Å². The van der Waals surface area contributed by atoms with Crippen LogP contribution >= 0.6 is 0 Å². The van der Waals surface area contributed by atoms with Crippen LogP contribution in [0.25, 0.3) is 10.9 Å². The number of fused-ring (bicyclic) bond motifs is 1. The number of hydrogen-bond acceptors (Lipinski definition) is 6. The van der Waals surface area contributed by atoms with Gasteiger partial charge in [0.05, 0.1) is 6.61 Å². The lowest BCUT2D eigenvalue weighted by Gasteiger charge is -2.17. The highest BCUT2D eigenvalue weighted by atomic mass is 16.6. The minimum absolute atomic E-state index is 0.140. The number of para-hydroxylation sites is 1. The molecular formula is C14H12N4O3. The van der Waals surface area contributed by atoms with Crippen LogP contribution < -0.4 is 5.43 Å². The number of esters is 1. The van der Waals surface area contributed by atoms with Crippen LogP contribution in [0.3, 0.4) is 0 Å². The Bertz CT molecular complexity index is 741. The molecule has 7 nitrogen and oxygen atoms in total. The minimum atomic E-state index is -1.93. The minimum Gasteiger partial charge on any atom is -0.461 e.